The zero-order valence-corrected chi connectivity index (χ0v) is 20.9. The summed E-state index contributed by atoms with van der Waals surface area (Å²) in [5, 5.41) is 4.21. The topological polar surface area (TPSA) is 18.5 Å². The summed E-state index contributed by atoms with van der Waals surface area (Å²) in [6.45, 7) is 0. The monoisotopic (exact) mass is 506 g/mol. The molecule has 0 bridgehead atoms. The summed E-state index contributed by atoms with van der Waals surface area (Å²) in [4.78, 5) is 0. The molecule has 164 valence electrons. The molecule has 0 aliphatic rings. The minimum Gasteiger partial charge on any atom is -1.00 e. The molecule has 4 rings (SSSR count). The molecule has 0 radical (unpaired) electrons. The number of aryl methyl sites for hydroxylation is 1. The van der Waals surface area contributed by atoms with E-state index in [0.29, 0.717) is 0 Å². The number of halogens is 1. The van der Waals surface area contributed by atoms with Crippen LogP contribution in [0.15, 0.2) is 109 Å². The van der Waals surface area contributed by atoms with Gasteiger partial charge in [-0.05, 0) is 48.0 Å². The highest BCUT2D eigenvalue weighted by molar-refractivity contribution is 7.95. The van der Waals surface area contributed by atoms with Gasteiger partial charge in [-0.1, -0.05) is 60.7 Å². The second kappa shape index (κ2) is 11.3. The highest BCUT2D eigenvalue weighted by atomic mass is 79.9. The minimum absolute atomic E-state index is 0. The molecule has 0 aliphatic heterocycles. The van der Waals surface area contributed by atoms with Crippen LogP contribution in [0.25, 0.3) is 0 Å². The SMILES string of the molecule is COc1ccc(CC[P+](c2ccccc2)(c2ccccc2)c2ccccc2)c(OC)c1.[Br-]. The molecule has 0 amide bonds. The van der Waals surface area contributed by atoms with Crippen molar-refractivity contribution in [2.24, 2.45) is 0 Å². The van der Waals surface area contributed by atoms with Crippen LogP contribution in [-0.2, 0) is 6.42 Å². The van der Waals surface area contributed by atoms with Gasteiger partial charge in [0.25, 0.3) is 0 Å². The lowest BCUT2D eigenvalue weighted by atomic mass is 10.1. The molecular formula is C28H28BrO2P. The van der Waals surface area contributed by atoms with Crippen molar-refractivity contribution in [3.8, 4) is 11.5 Å². The van der Waals surface area contributed by atoms with Gasteiger partial charge in [0.05, 0.1) is 20.4 Å². The maximum absolute atomic E-state index is 5.70. The average molecular weight is 507 g/mol. The van der Waals surface area contributed by atoms with Gasteiger partial charge in [0.1, 0.15) is 34.7 Å². The van der Waals surface area contributed by atoms with Gasteiger partial charge in [-0.2, -0.15) is 0 Å². The van der Waals surface area contributed by atoms with E-state index in [1.54, 1.807) is 14.2 Å². The fraction of sp³-hybridized carbons (Fsp3) is 0.143. The van der Waals surface area contributed by atoms with Crippen molar-refractivity contribution < 1.29 is 26.5 Å². The van der Waals surface area contributed by atoms with Crippen LogP contribution in [0.5, 0.6) is 11.5 Å². The number of hydrogen-bond acceptors (Lipinski definition) is 2. The Morgan fingerprint density at radius 2 is 1.06 bits per heavy atom. The summed E-state index contributed by atoms with van der Waals surface area (Å²) in [5.41, 5.74) is 1.20. The van der Waals surface area contributed by atoms with Crippen LogP contribution in [0.3, 0.4) is 0 Å². The fourth-order valence-electron chi connectivity index (χ4n) is 4.23. The van der Waals surface area contributed by atoms with Crippen molar-refractivity contribution in [3.63, 3.8) is 0 Å². The number of ether oxygens (including phenoxy) is 2. The molecule has 4 aromatic rings. The number of hydrogen-bond donors (Lipinski definition) is 0. The minimum atomic E-state index is -1.85. The van der Waals surface area contributed by atoms with Gasteiger partial charge < -0.3 is 26.5 Å². The van der Waals surface area contributed by atoms with E-state index in [-0.39, 0.29) is 17.0 Å². The first-order valence-corrected chi connectivity index (χ1v) is 12.5. The quantitative estimate of drug-likeness (QED) is 0.341. The second-order valence-corrected chi connectivity index (χ2v) is 11.1. The molecule has 0 fully saturated rings. The summed E-state index contributed by atoms with van der Waals surface area (Å²) >= 11 is 0. The van der Waals surface area contributed by atoms with E-state index < -0.39 is 7.26 Å². The molecule has 0 saturated heterocycles. The molecule has 0 unspecified atom stereocenters. The Balaban J connectivity index is 0.00000289. The Labute approximate surface area is 202 Å². The molecule has 0 spiro atoms. The maximum atomic E-state index is 5.70. The molecule has 0 saturated carbocycles. The summed E-state index contributed by atoms with van der Waals surface area (Å²) in [6, 6.07) is 39.1. The van der Waals surface area contributed by atoms with E-state index >= 15 is 0 Å². The van der Waals surface area contributed by atoms with Crippen LogP contribution in [0.1, 0.15) is 5.56 Å². The smallest absolute Gasteiger partial charge is 0.125 e. The van der Waals surface area contributed by atoms with E-state index in [4.69, 9.17) is 9.47 Å². The molecule has 0 aromatic heterocycles. The Morgan fingerprint density at radius 3 is 1.47 bits per heavy atom. The van der Waals surface area contributed by atoms with Gasteiger partial charge in [-0.15, -0.1) is 0 Å². The predicted molar refractivity (Wildman–Crippen MR) is 133 cm³/mol. The standard InChI is InChI=1S/C28H28O2P.BrH/c1-29-24-19-18-23(28(22-24)30-2)20-21-31(25-12-6-3-7-13-25,26-14-8-4-9-15-26)27-16-10-5-11-17-27;/h3-19,22H,20-21H2,1-2H3;1H/q+1;/p-1. The Kier molecular flexibility index (Phi) is 8.50. The molecule has 0 atom stereocenters. The molecular weight excluding hydrogens is 479 g/mol. The third kappa shape index (κ3) is 4.90. The molecule has 32 heavy (non-hydrogen) atoms. The molecule has 0 aliphatic carbocycles. The summed E-state index contributed by atoms with van der Waals surface area (Å²) < 4.78 is 11.1. The third-order valence-electron chi connectivity index (χ3n) is 5.80. The van der Waals surface area contributed by atoms with Crippen LogP contribution in [0, 0.1) is 0 Å². The van der Waals surface area contributed by atoms with Crippen molar-refractivity contribution in [3.05, 3.63) is 115 Å². The summed E-state index contributed by atoms with van der Waals surface area (Å²) in [5.74, 6) is 1.70. The van der Waals surface area contributed by atoms with Crippen LogP contribution in [0.2, 0.25) is 0 Å². The van der Waals surface area contributed by atoms with Crippen LogP contribution >= 0.6 is 7.26 Å². The molecule has 4 heteroatoms. The Morgan fingerprint density at radius 1 is 0.594 bits per heavy atom. The highest BCUT2D eigenvalue weighted by Gasteiger charge is 2.44. The largest absolute Gasteiger partial charge is 1.00 e. The van der Waals surface area contributed by atoms with Gasteiger partial charge in [0, 0.05) is 12.5 Å². The molecule has 0 heterocycles. The predicted octanol–water partition coefficient (Wildman–Crippen LogP) is 2.24. The zero-order chi connectivity index (χ0) is 21.5. The van der Waals surface area contributed by atoms with Gasteiger partial charge in [0.2, 0.25) is 0 Å². The molecule has 4 aromatic carbocycles. The Hall–Kier alpha value is -2.61. The summed E-state index contributed by atoms with van der Waals surface area (Å²) in [6.07, 6.45) is 1.94. The van der Waals surface area contributed by atoms with E-state index in [0.717, 1.165) is 24.1 Å². The first-order chi connectivity index (χ1) is 15.3. The third-order valence-corrected chi connectivity index (χ3v) is 10.2. The lowest BCUT2D eigenvalue weighted by Gasteiger charge is -2.28. The van der Waals surface area contributed by atoms with Crippen molar-refractivity contribution in [2.75, 3.05) is 20.4 Å². The van der Waals surface area contributed by atoms with Crippen molar-refractivity contribution in [1.82, 2.24) is 0 Å². The second-order valence-electron chi connectivity index (χ2n) is 7.47. The normalized spacial score (nSPS) is 10.8. The first-order valence-electron chi connectivity index (χ1n) is 10.5. The van der Waals surface area contributed by atoms with Gasteiger partial charge in [0.15, 0.2) is 0 Å². The van der Waals surface area contributed by atoms with Gasteiger partial charge >= 0.3 is 0 Å². The van der Waals surface area contributed by atoms with Crippen molar-refractivity contribution in [2.45, 2.75) is 6.42 Å². The lowest BCUT2D eigenvalue weighted by molar-refractivity contribution is -0.00000669. The van der Waals surface area contributed by atoms with E-state index in [1.807, 2.05) is 12.1 Å². The van der Waals surface area contributed by atoms with Crippen molar-refractivity contribution in [1.29, 1.82) is 0 Å². The first kappa shape index (κ1) is 24.0. The lowest BCUT2D eigenvalue weighted by Crippen LogP contribution is -3.00. The molecule has 2 nitrogen and oxygen atoms in total. The van der Waals surface area contributed by atoms with Crippen LogP contribution in [0.4, 0.5) is 0 Å². The van der Waals surface area contributed by atoms with E-state index in [9.17, 15) is 0 Å². The number of methoxy groups -OCH3 is 2. The van der Waals surface area contributed by atoms with Crippen LogP contribution in [-0.4, -0.2) is 20.4 Å². The zero-order valence-electron chi connectivity index (χ0n) is 18.4. The van der Waals surface area contributed by atoms with E-state index in [2.05, 4.69) is 97.1 Å². The van der Waals surface area contributed by atoms with E-state index in [1.165, 1.54) is 21.5 Å². The van der Waals surface area contributed by atoms with Gasteiger partial charge in [-0.3, -0.25) is 0 Å². The Bertz CT molecular complexity index is 1010. The van der Waals surface area contributed by atoms with Gasteiger partial charge in [-0.25, -0.2) is 0 Å². The fourth-order valence-corrected chi connectivity index (χ4v) is 8.52. The average Bonchev–Trinajstić information content (AvgIpc) is 2.86. The summed E-state index contributed by atoms with van der Waals surface area (Å²) in [7, 11) is 1.56. The highest BCUT2D eigenvalue weighted by Crippen LogP contribution is 2.55. The van der Waals surface area contributed by atoms with Crippen LogP contribution < -0.4 is 42.4 Å². The molecule has 0 N–H and O–H groups in total. The number of benzene rings is 4. The van der Waals surface area contributed by atoms with Crippen molar-refractivity contribution >= 4 is 23.2 Å². The maximum Gasteiger partial charge on any atom is 0.125 e. The number of rotatable bonds is 8.